The first-order valence-corrected chi connectivity index (χ1v) is 10.6. The highest BCUT2D eigenvalue weighted by Gasteiger charge is 2.21. The van der Waals surface area contributed by atoms with Crippen LogP contribution in [0.3, 0.4) is 0 Å². The highest BCUT2D eigenvalue weighted by molar-refractivity contribution is 5.94. The Labute approximate surface area is 175 Å². The maximum atomic E-state index is 12.7. The van der Waals surface area contributed by atoms with Crippen LogP contribution in [0.5, 0.6) is 0 Å². The number of fused-ring (bicyclic) bond motifs is 1. The lowest BCUT2D eigenvalue weighted by Gasteiger charge is -2.30. The molecule has 1 aliphatic rings. The van der Waals surface area contributed by atoms with Crippen LogP contribution in [0, 0.1) is 5.92 Å². The fraction of sp³-hybridized carbons (Fsp3) is 0.375. The predicted octanol–water partition coefficient (Wildman–Crippen LogP) is 3.10. The first-order valence-electron chi connectivity index (χ1n) is 10.6. The molecule has 4 rings (SSSR count). The molecule has 0 aliphatic carbocycles. The van der Waals surface area contributed by atoms with E-state index in [2.05, 4.69) is 6.92 Å². The van der Waals surface area contributed by atoms with Gasteiger partial charge in [-0.25, -0.2) is 0 Å². The lowest BCUT2D eigenvalue weighted by Crippen LogP contribution is -2.41. The molecule has 0 bridgehead atoms. The number of aryl methyl sites for hydroxylation is 1. The summed E-state index contributed by atoms with van der Waals surface area (Å²) in [6.45, 7) is 6.42. The van der Waals surface area contributed by atoms with Gasteiger partial charge in [0.1, 0.15) is 0 Å². The van der Waals surface area contributed by atoms with Gasteiger partial charge in [-0.05, 0) is 55.5 Å². The van der Waals surface area contributed by atoms with Crippen LogP contribution >= 0.6 is 0 Å². The minimum absolute atomic E-state index is 0.0570. The number of likely N-dealkylation sites (tertiary alicyclic amines) is 1. The van der Waals surface area contributed by atoms with Gasteiger partial charge in [0.05, 0.1) is 17.6 Å². The summed E-state index contributed by atoms with van der Waals surface area (Å²) in [4.78, 5) is 40.0. The van der Waals surface area contributed by atoms with Crippen LogP contribution in [0.25, 0.3) is 11.0 Å². The lowest BCUT2D eigenvalue weighted by molar-refractivity contribution is 0.0697. The molecule has 6 nitrogen and oxygen atoms in total. The van der Waals surface area contributed by atoms with E-state index < -0.39 is 11.1 Å². The Morgan fingerprint density at radius 1 is 0.900 bits per heavy atom. The van der Waals surface area contributed by atoms with E-state index in [1.54, 1.807) is 0 Å². The lowest BCUT2D eigenvalue weighted by atomic mass is 9.98. The molecule has 6 heteroatoms. The van der Waals surface area contributed by atoms with Gasteiger partial charge in [0.2, 0.25) is 0 Å². The minimum Gasteiger partial charge on any atom is -0.339 e. The molecule has 0 atom stereocenters. The molecule has 156 valence electrons. The van der Waals surface area contributed by atoms with Gasteiger partial charge in [-0.1, -0.05) is 31.2 Å². The Morgan fingerprint density at radius 3 is 2.07 bits per heavy atom. The molecule has 2 heterocycles. The fourth-order valence-electron chi connectivity index (χ4n) is 4.17. The van der Waals surface area contributed by atoms with Gasteiger partial charge in [0, 0.05) is 25.2 Å². The summed E-state index contributed by atoms with van der Waals surface area (Å²) in [5.74, 6) is 0.731. The maximum absolute atomic E-state index is 12.7. The predicted molar refractivity (Wildman–Crippen MR) is 118 cm³/mol. The number of para-hydroxylation sites is 2. The van der Waals surface area contributed by atoms with Crippen LogP contribution in [0.1, 0.15) is 42.6 Å². The third-order valence-corrected chi connectivity index (χ3v) is 6.07. The van der Waals surface area contributed by atoms with E-state index >= 15 is 0 Å². The molecule has 0 unspecified atom stereocenters. The molecule has 0 saturated carbocycles. The number of benzene rings is 2. The van der Waals surface area contributed by atoms with Crippen LogP contribution in [0.4, 0.5) is 0 Å². The average Bonchev–Trinajstić information content (AvgIpc) is 2.78. The second-order valence-electron chi connectivity index (χ2n) is 8.10. The third-order valence-electron chi connectivity index (χ3n) is 6.07. The summed E-state index contributed by atoms with van der Waals surface area (Å²) in [5.41, 5.74) is 1.97. The summed E-state index contributed by atoms with van der Waals surface area (Å²) < 4.78 is 3.03. The van der Waals surface area contributed by atoms with Crippen molar-refractivity contribution in [3.63, 3.8) is 0 Å². The van der Waals surface area contributed by atoms with Crippen LogP contribution in [-0.4, -0.2) is 33.0 Å². The molecule has 0 radical (unpaired) electrons. The zero-order valence-electron chi connectivity index (χ0n) is 17.5. The normalized spacial score (nSPS) is 14.9. The Hall–Kier alpha value is -3.15. The summed E-state index contributed by atoms with van der Waals surface area (Å²) in [5, 5.41) is 0. The SMILES string of the molecule is CCn1c(=O)c(=O)n(Cc2ccc(C(=O)N3CCC(C)CC3)cc2)c2ccccc21. The number of carbonyl (C=O) groups excluding carboxylic acids is 1. The zero-order chi connectivity index (χ0) is 21.3. The Morgan fingerprint density at radius 2 is 1.47 bits per heavy atom. The highest BCUT2D eigenvalue weighted by atomic mass is 16.2. The van der Waals surface area contributed by atoms with E-state index in [9.17, 15) is 14.4 Å². The minimum atomic E-state index is -0.530. The van der Waals surface area contributed by atoms with Gasteiger partial charge in [-0.2, -0.15) is 0 Å². The number of amides is 1. The van der Waals surface area contributed by atoms with Crippen LogP contribution in [-0.2, 0) is 13.1 Å². The van der Waals surface area contributed by atoms with E-state index in [0.29, 0.717) is 18.0 Å². The van der Waals surface area contributed by atoms with Crippen LogP contribution < -0.4 is 11.1 Å². The van der Waals surface area contributed by atoms with Crippen molar-refractivity contribution in [3.8, 4) is 0 Å². The van der Waals surface area contributed by atoms with Crippen molar-refractivity contribution in [1.82, 2.24) is 14.0 Å². The molecule has 0 N–H and O–H groups in total. The number of piperidine rings is 1. The summed E-state index contributed by atoms with van der Waals surface area (Å²) in [6, 6.07) is 14.8. The largest absolute Gasteiger partial charge is 0.339 e. The highest BCUT2D eigenvalue weighted by Crippen LogP contribution is 2.19. The van der Waals surface area contributed by atoms with E-state index in [-0.39, 0.29) is 12.5 Å². The van der Waals surface area contributed by atoms with Crippen molar-refractivity contribution in [1.29, 1.82) is 0 Å². The van der Waals surface area contributed by atoms with Gasteiger partial charge < -0.3 is 9.47 Å². The first-order chi connectivity index (χ1) is 14.5. The Kier molecular flexibility index (Phi) is 5.57. The van der Waals surface area contributed by atoms with Crippen molar-refractivity contribution in [2.75, 3.05) is 13.1 Å². The quantitative estimate of drug-likeness (QED) is 0.627. The molecule has 1 saturated heterocycles. The summed E-state index contributed by atoms with van der Waals surface area (Å²) in [7, 11) is 0. The number of nitrogens with zero attached hydrogens (tertiary/aromatic N) is 3. The van der Waals surface area contributed by atoms with E-state index in [4.69, 9.17) is 0 Å². The van der Waals surface area contributed by atoms with E-state index in [1.165, 1.54) is 9.13 Å². The molecule has 30 heavy (non-hydrogen) atoms. The van der Waals surface area contributed by atoms with Crippen molar-refractivity contribution >= 4 is 16.9 Å². The molecule has 2 aromatic carbocycles. The summed E-state index contributed by atoms with van der Waals surface area (Å²) in [6.07, 6.45) is 2.09. The molecule has 1 fully saturated rings. The Bertz CT molecular complexity index is 1180. The molecular formula is C24H27N3O3. The van der Waals surface area contributed by atoms with Crippen LogP contribution in [0.15, 0.2) is 58.1 Å². The standard InChI is InChI=1S/C24H27N3O3/c1-3-26-20-6-4-5-7-21(20)27(24(30)23(26)29)16-18-8-10-19(11-9-18)22(28)25-14-12-17(2)13-15-25/h4-11,17H,3,12-16H2,1-2H3. The molecule has 3 aromatic rings. The zero-order valence-corrected chi connectivity index (χ0v) is 17.5. The van der Waals surface area contributed by atoms with Gasteiger partial charge >= 0.3 is 11.1 Å². The smallest absolute Gasteiger partial charge is 0.317 e. The van der Waals surface area contributed by atoms with E-state index in [1.807, 2.05) is 60.4 Å². The molecule has 1 amide bonds. The fourth-order valence-corrected chi connectivity index (χ4v) is 4.17. The molecular weight excluding hydrogens is 378 g/mol. The van der Waals surface area contributed by atoms with Crippen molar-refractivity contribution in [2.45, 2.75) is 39.8 Å². The van der Waals surface area contributed by atoms with Crippen molar-refractivity contribution < 1.29 is 4.79 Å². The number of rotatable bonds is 4. The molecule has 1 aromatic heterocycles. The number of carbonyl (C=O) groups is 1. The second kappa shape index (κ2) is 8.30. The molecule has 0 spiro atoms. The number of aromatic nitrogens is 2. The maximum Gasteiger partial charge on any atom is 0.317 e. The third kappa shape index (κ3) is 3.70. The van der Waals surface area contributed by atoms with Crippen LogP contribution in [0.2, 0.25) is 0 Å². The second-order valence-corrected chi connectivity index (χ2v) is 8.10. The van der Waals surface area contributed by atoms with Gasteiger partial charge in [0.15, 0.2) is 0 Å². The van der Waals surface area contributed by atoms with Gasteiger partial charge in [0.25, 0.3) is 5.91 Å². The number of hydrogen-bond donors (Lipinski definition) is 0. The van der Waals surface area contributed by atoms with Gasteiger partial charge in [-0.15, -0.1) is 0 Å². The van der Waals surface area contributed by atoms with E-state index in [0.717, 1.165) is 42.5 Å². The molecule has 1 aliphatic heterocycles. The monoisotopic (exact) mass is 405 g/mol. The topological polar surface area (TPSA) is 64.3 Å². The van der Waals surface area contributed by atoms with Gasteiger partial charge in [-0.3, -0.25) is 19.0 Å². The Balaban J connectivity index is 1.62. The van der Waals surface area contributed by atoms with Crippen molar-refractivity contribution in [2.24, 2.45) is 5.92 Å². The number of hydrogen-bond acceptors (Lipinski definition) is 3. The average molecular weight is 405 g/mol. The van der Waals surface area contributed by atoms with Crippen molar-refractivity contribution in [3.05, 3.63) is 80.4 Å². The summed E-state index contributed by atoms with van der Waals surface area (Å²) >= 11 is 0. The first kappa shape index (κ1) is 20.1.